The second-order valence-electron chi connectivity index (χ2n) is 18.5. The Labute approximate surface area is 392 Å². The first-order chi connectivity index (χ1) is 29.6. The van der Waals surface area contributed by atoms with Crippen LogP contribution >= 0.6 is 0 Å². The molecule has 5 heterocycles. The normalized spacial score (nSPS) is 19.9. The first-order valence-corrected chi connectivity index (χ1v) is 23.0. The second-order valence-corrected chi connectivity index (χ2v) is 18.5. The Bertz CT molecular complexity index is 2530. The Balaban J connectivity index is 0.00000748. The van der Waals surface area contributed by atoms with Crippen molar-refractivity contribution in [1.82, 2.24) is 19.9 Å². The number of fused-ring (bicyclic) bond motifs is 8. The maximum absolute atomic E-state index is 14.4. The maximum Gasteiger partial charge on any atom is 2.00 e. The summed E-state index contributed by atoms with van der Waals surface area (Å²) in [5, 5.41) is 0. The molecule has 3 aromatic rings. The molecule has 63 heavy (non-hydrogen) atoms. The van der Waals surface area contributed by atoms with Gasteiger partial charge in [-0.15, -0.1) is 22.1 Å². The number of carbonyl (C=O) groups is 3. The molecule has 0 amide bonds. The van der Waals surface area contributed by atoms with Gasteiger partial charge >= 0.3 is 29.0 Å². The van der Waals surface area contributed by atoms with Crippen molar-refractivity contribution in [2.24, 2.45) is 0 Å². The molecule has 330 valence electrons. The van der Waals surface area contributed by atoms with Crippen LogP contribution in [-0.2, 0) is 9.53 Å². The number of methoxy groups -OCH3 is 1. The van der Waals surface area contributed by atoms with Crippen molar-refractivity contribution in [3.8, 4) is 0 Å². The van der Waals surface area contributed by atoms with Crippen LogP contribution in [0.1, 0.15) is 216 Å². The Kier molecular flexibility index (Phi) is 17.0. The molecule has 2 aliphatic heterocycles. The number of hydrogen-bond donors (Lipinski definition) is 0. The molecular formula is C54H68MgN4O4. The number of hydrogen-bond acceptors (Lipinski definition) is 6. The van der Waals surface area contributed by atoms with E-state index in [0.717, 1.165) is 98.1 Å². The molecule has 3 aromatic heterocycles. The number of rotatable bonds is 16. The van der Waals surface area contributed by atoms with Crippen LogP contribution in [-0.4, -0.2) is 57.7 Å². The predicted octanol–water partition coefficient (Wildman–Crippen LogP) is 13.0. The van der Waals surface area contributed by atoms with Gasteiger partial charge in [0.1, 0.15) is 5.92 Å². The summed E-state index contributed by atoms with van der Waals surface area (Å²) in [4.78, 5) is 61.8. The molecule has 0 fully saturated rings. The summed E-state index contributed by atoms with van der Waals surface area (Å²) in [6.45, 7) is 23.0. The van der Waals surface area contributed by atoms with Crippen molar-refractivity contribution in [2.45, 2.75) is 170 Å². The molecule has 3 aliphatic rings. The standard InChI is InChI=1S/C54H69N4O4.Mg/c1-13-39-34(7)41-29-46-47(38(11)59)36(9)43(56-46)27-42-35(8)40(26-15-14-20-31(4)22-17-24-33(6)25-18-23-32(5)21-16-19-30(2)3)51(57-42)49-50(54(61)62-12)53(60)48-37(10)44(58-52(48)49)28-45(39)55-41;/h19-20,23-24,27-29,34-35,39-40,50H,13-18,21-22,25-26H2,1-12H3,(H-,55,56,57,58,59,60);/q-1;+2/p-1/b31-20+,32-23+,33-24+;/t34-,35?,39?,40?,50?;/m1./s1. The minimum atomic E-state index is -1.14. The fourth-order valence-corrected chi connectivity index (χ4v) is 9.84. The van der Waals surface area contributed by atoms with Crippen LogP contribution in [0.5, 0.6) is 0 Å². The van der Waals surface area contributed by atoms with E-state index in [4.69, 9.17) is 24.7 Å². The molecule has 0 saturated carbocycles. The van der Waals surface area contributed by atoms with Gasteiger partial charge in [0.05, 0.1) is 7.11 Å². The Morgan fingerprint density at radius 3 is 1.84 bits per heavy atom. The van der Waals surface area contributed by atoms with E-state index in [2.05, 4.69) is 79.7 Å². The zero-order chi connectivity index (χ0) is 45.0. The maximum atomic E-state index is 14.4. The molecule has 0 N–H and O–H groups in total. The minimum Gasteiger partial charge on any atom is -0.657 e. The fraction of sp³-hybridized carbons (Fsp3) is 0.500. The van der Waals surface area contributed by atoms with Gasteiger partial charge in [0, 0.05) is 57.6 Å². The number of unbranched alkanes of at least 4 members (excludes halogenated alkanes) is 1. The van der Waals surface area contributed by atoms with Crippen LogP contribution in [0, 0.1) is 13.8 Å². The van der Waals surface area contributed by atoms with Crippen LogP contribution in [0.25, 0.3) is 22.1 Å². The second kappa shape index (κ2) is 21.6. The molecular weight excluding hydrogens is 793 g/mol. The minimum absolute atomic E-state index is 0. The third-order valence-electron chi connectivity index (χ3n) is 13.6. The number of aryl methyl sites for hydroxylation is 2. The first-order valence-electron chi connectivity index (χ1n) is 23.0. The van der Waals surface area contributed by atoms with Crippen molar-refractivity contribution in [1.29, 1.82) is 0 Å². The van der Waals surface area contributed by atoms with Crippen molar-refractivity contribution < 1.29 is 19.1 Å². The van der Waals surface area contributed by atoms with Gasteiger partial charge in [0.15, 0.2) is 11.6 Å². The molecule has 0 saturated heterocycles. The van der Waals surface area contributed by atoms with Crippen LogP contribution in [0.3, 0.4) is 0 Å². The van der Waals surface area contributed by atoms with Crippen LogP contribution < -0.4 is 9.97 Å². The van der Waals surface area contributed by atoms with Crippen molar-refractivity contribution in [3.05, 3.63) is 115 Å². The molecule has 1 aliphatic carbocycles. The predicted molar refractivity (Wildman–Crippen MR) is 258 cm³/mol. The van der Waals surface area contributed by atoms with Crippen molar-refractivity contribution in [2.75, 3.05) is 7.11 Å². The van der Waals surface area contributed by atoms with E-state index in [1.165, 1.54) is 29.4 Å². The van der Waals surface area contributed by atoms with Gasteiger partial charge in [-0.05, 0) is 125 Å². The molecule has 8 nitrogen and oxygen atoms in total. The summed E-state index contributed by atoms with van der Waals surface area (Å²) in [7, 11) is 1.33. The van der Waals surface area contributed by atoms with E-state index < -0.39 is 11.9 Å². The zero-order valence-corrected chi connectivity index (χ0v) is 41.5. The molecule has 8 bridgehead atoms. The van der Waals surface area contributed by atoms with Gasteiger partial charge in [-0.25, -0.2) is 0 Å². The Morgan fingerprint density at radius 2 is 1.25 bits per heavy atom. The SMILES string of the molecule is CCC1c2cc3[n-]c4c(c3C)C(=O)C(C(=O)OC)c4c3nc(cc4[n-]c(cc(n2)[C@@H]1C)c(C(C)=O)c4C)C(C)C3CCC/C=C(\C)CC/C=C(\C)CC/C=C(\C)CCC=C(C)C.[Mg+2]. The summed E-state index contributed by atoms with van der Waals surface area (Å²) in [6, 6.07) is 5.98. The quantitative estimate of drug-likeness (QED) is 0.0349. The third kappa shape index (κ3) is 10.8. The van der Waals surface area contributed by atoms with Gasteiger partial charge in [-0.1, -0.05) is 96.7 Å². The van der Waals surface area contributed by atoms with E-state index in [1.54, 1.807) is 6.92 Å². The summed E-state index contributed by atoms with van der Waals surface area (Å²) in [5.41, 5.74) is 14.7. The van der Waals surface area contributed by atoms with E-state index in [-0.39, 0.29) is 58.3 Å². The Morgan fingerprint density at radius 1 is 0.714 bits per heavy atom. The number of esters is 1. The van der Waals surface area contributed by atoms with Crippen LogP contribution in [0.2, 0.25) is 0 Å². The smallest absolute Gasteiger partial charge is 0.657 e. The number of carbonyl (C=O) groups excluding carboxylic acids is 3. The molecule has 5 atom stereocenters. The van der Waals surface area contributed by atoms with Crippen molar-refractivity contribution in [3.63, 3.8) is 0 Å². The number of nitrogens with zero attached hydrogens (tertiary/aromatic N) is 4. The van der Waals surface area contributed by atoms with Crippen LogP contribution in [0.4, 0.5) is 0 Å². The Hall–Kier alpha value is -4.34. The summed E-state index contributed by atoms with van der Waals surface area (Å²) in [6.07, 6.45) is 19.4. The van der Waals surface area contributed by atoms with Gasteiger partial charge < -0.3 is 14.7 Å². The van der Waals surface area contributed by atoms with E-state index in [9.17, 15) is 14.4 Å². The topological polar surface area (TPSA) is 114 Å². The summed E-state index contributed by atoms with van der Waals surface area (Å²) < 4.78 is 5.31. The number of allylic oxidation sites excluding steroid dienone is 8. The largest absolute Gasteiger partial charge is 2.00 e. The first kappa shape index (κ1) is 49.7. The summed E-state index contributed by atoms with van der Waals surface area (Å²) >= 11 is 0. The summed E-state index contributed by atoms with van der Waals surface area (Å²) in [5.74, 6) is -1.99. The molecule has 0 spiro atoms. The third-order valence-corrected chi connectivity index (χ3v) is 13.6. The van der Waals surface area contributed by atoms with Gasteiger partial charge in [0.2, 0.25) is 0 Å². The van der Waals surface area contributed by atoms with E-state index >= 15 is 0 Å². The van der Waals surface area contributed by atoms with Crippen molar-refractivity contribution >= 4 is 62.7 Å². The molecule has 0 aromatic carbocycles. The number of Topliss-reactive ketones (excluding diaryl/α,β-unsaturated/α-hetero) is 2. The zero-order valence-electron chi connectivity index (χ0n) is 40.1. The number of ether oxygens (including phenoxy) is 1. The van der Waals surface area contributed by atoms with Gasteiger partial charge in [0.25, 0.3) is 0 Å². The van der Waals surface area contributed by atoms with Gasteiger partial charge in [-0.3, -0.25) is 24.4 Å². The van der Waals surface area contributed by atoms with Crippen LogP contribution in [0.15, 0.2) is 64.8 Å². The van der Waals surface area contributed by atoms with Gasteiger partial charge in [-0.2, -0.15) is 0 Å². The van der Waals surface area contributed by atoms with E-state index in [0.29, 0.717) is 38.8 Å². The average Bonchev–Trinajstić information content (AvgIpc) is 3.96. The molecule has 4 unspecified atom stereocenters. The molecule has 6 rings (SSSR count). The number of aromatic nitrogens is 4. The monoisotopic (exact) mass is 861 g/mol. The molecule has 9 heteroatoms. The van der Waals surface area contributed by atoms with E-state index in [1.807, 2.05) is 32.0 Å². The molecule has 0 radical (unpaired) electrons. The fourth-order valence-electron chi connectivity index (χ4n) is 9.84. The number of ketones is 2. The average molecular weight is 861 g/mol.